The van der Waals surface area contributed by atoms with Gasteiger partial charge in [-0.1, -0.05) is 0 Å². The van der Waals surface area contributed by atoms with Crippen LogP contribution in [0.4, 0.5) is 0 Å². The highest BCUT2D eigenvalue weighted by Crippen LogP contribution is 2.13. The summed E-state index contributed by atoms with van der Waals surface area (Å²) < 4.78 is 0. The molecule has 1 amide bonds. The first-order chi connectivity index (χ1) is 6.06. The van der Waals surface area contributed by atoms with Gasteiger partial charge < -0.3 is 15.4 Å². The molecular weight excluding hydrogens is 172 g/mol. The maximum Gasteiger partial charge on any atom is 0.240 e. The lowest BCUT2D eigenvalue weighted by atomic mass is 10.2. The molecule has 1 heterocycles. The minimum atomic E-state index is -0.659. The molecule has 0 unspecified atom stereocenters. The molecule has 0 bridgehead atoms. The molecule has 1 aliphatic rings. The zero-order chi connectivity index (χ0) is 10.0. The lowest BCUT2D eigenvalue weighted by molar-refractivity contribution is -0.136. The molecule has 72 valence electrons. The van der Waals surface area contributed by atoms with Crippen molar-refractivity contribution in [2.75, 3.05) is 6.54 Å². The third-order valence-electron chi connectivity index (χ3n) is 2.01. The monoisotopic (exact) mass is 184 g/mol. The van der Waals surface area contributed by atoms with Crippen molar-refractivity contribution in [2.24, 2.45) is 5.73 Å². The highest BCUT2D eigenvalue weighted by Gasteiger charge is 2.34. The molecule has 1 saturated heterocycles. The Bertz CT molecular complexity index is 250. The van der Waals surface area contributed by atoms with E-state index in [1.807, 2.05) is 0 Å². The maximum atomic E-state index is 11.3. The van der Waals surface area contributed by atoms with Gasteiger partial charge in [-0.05, 0) is 6.92 Å². The first kappa shape index (κ1) is 9.85. The Morgan fingerprint density at radius 2 is 2.38 bits per heavy atom. The second-order valence-corrected chi connectivity index (χ2v) is 3.20. The van der Waals surface area contributed by atoms with Crippen LogP contribution in [0.5, 0.6) is 0 Å². The number of carbonyl (C=O) groups excluding carboxylic acids is 3. The molecule has 1 fully saturated rings. The molecule has 0 aromatic carbocycles. The lowest BCUT2D eigenvalue weighted by Crippen LogP contribution is -2.45. The number of amides is 1. The van der Waals surface area contributed by atoms with Crippen LogP contribution in [0.3, 0.4) is 0 Å². The van der Waals surface area contributed by atoms with Gasteiger partial charge in [0.05, 0.1) is 18.6 Å². The van der Waals surface area contributed by atoms with Crippen LogP contribution in [-0.2, 0) is 14.4 Å². The van der Waals surface area contributed by atoms with E-state index in [2.05, 4.69) is 0 Å². The van der Waals surface area contributed by atoms with Crippen LogP contribution in [0.15, 0.2) is 0 Å². The topological polar surface area (TPSA) is 80.5 Å². The van der Waals surface area contributed by atoms with Crippen LogP contribution in [0.1, 0.15) is 13.3 Å². The Hall–Kier alpha value is -1.23. The van der Waals surface area contributed by atoms with E-state index in [9.17, 15) is 14.4 Å². The molecule has 0 spiro atoms. The quantitative estimate of drug-likeness (QED) is 0.541. The number of carbonyl (C=O) groups is 3. The normalized spacial score (nSPS) is 24.6. The van der Waals surface area contributed by atoms with Gasteiger partial charge >= 0.3 is 0 Å². The third kappa shape index (κ3) is 1.92. The maximum absolute atomic E-state index is 11.3. The molecule has 0 radical (unpaired) electrons. The van der Waals surface area contributed by atoms with Gasteiger partial charge in [-0.15, -0.1) is 0 Å². The second-order valence-electron chi connectivity index (χ2n) is 3.20. The summed E-state index contributed by atoms with van der Waals surface area (Å²) in [6.07, 6.45) is 0.743. The number of hydrogen-bond donors (Lipinski definition) is 1. The summed E-state index contributed by atoms with van der Waals surface area (Å²) in [6, 6.07) is -1.26. The predicted octanol–water partition coefficient (Wildman–Crippen LogP) is -1.30. The first-order valence-corrected chi connectivity index (χ1v) is 4.09. The standard InChI is InChI=1S/C8H12N2O3/c1-5(9)8(13)10-3-7(12)2-6(10)4-11/h4-6H,2-3,9H2,1H3/t5-,6-/m0/s1. The molecular formula is C8H12N2O3. The van der Waals surface area contributed by atoms with Crippen LogP contribution < -0.4 is 5.73 Å². The summed E-state index contributed by atoms with van der Waals surface area (Å²) in [5.41, 5.74) is 5.36. The molecule has 0 aliphatic carbocycles. The second kappa shape index (κ2) is 3.66. The Morgan fingerprint density at radius 1 is 1.77 bits per heavy atom. The van der Waals surface area contributed by atoms with Crippen LogP contribution in [0.2, 0.25) is 0 Å². The van der Waals surface area contributed by atoms with E-state index in [-0.39, 0.29) is 24.7 Å². The average molecular weight is 184 g/mol. The number of hydrogen-bond acceptors (Lipinski definition) is 4. The summed E-state index contributed by atoms with van der Waals surface area (Å²) in [5, 5.41) is 0. The summed E-state index contributed by atoms with van der Waals surface area (Å²) in [6.45, 7) is 1.55. The van der Waals surface area contributed by atoms with E-state index in [1.54, 1.807) is 0 Å². The van der Waals surface area contributed by atoms with Crippen LogP contribution in [-0.4, -0.2) is 41.5 Å². The zero-order valence-corrected chi connectivity index (χ0v) is 7.40. The summed E-state index contributed by atoms with van der Waals surface area (Å²) in [4.78, 5) is 34.0. The van der Waals surface area contributed by atoms with Crippen molar-refractivity contribution in [3.63, 3.8) is 0 Å². The van der Waals surface area contributed by atoms with Crippen molar-refractivity contribution < 1.29 is 14.4 Å². The van der Waals surface area contributed by atoms with Crippen molar-refractivity contribution in [3.05, 3.63) is 0 Å². The van der Waals surface area contributed by atoms with E-state index < -0.39 is 12.1 Å². The summed E-state index contributed by atoms with van der Waals surface area (Å²) in [5.74, 6) is -0.436. The number of nitrogens with zero attached hydrogens (tertiary/aromatic N) is 1. The van der Waals surface area contributed by atoms with Crippen LogP contribution in [0, 0.1) is 0 Å². The largest absolute Gasteiger partial charge is 0.324 e. The molecule has 5 nitrogen and oxygen atoms in total. The molecule has 1 rings (SSSR count). The molecule has 2 N–H and O–H groups in total. The number of aldehydes is 1. The van der Waals surface area contributed by atoms with Gasteiger partial charge in [0, 0.05) is 6.42 Å². The van der Waals surface area contributed by atoms with Crippen molar-refractivity contribution in [1.82, 2.24) is 4.90 Å². The fourth-order valence-electron chi connectivity index (χ4n) is 1.34. The Balaban J connectivity index is 2.73. The van der Waals surface area contributed by atoms with E-state index in [0.29, 0.717) is 6.29 Å². The van der Waals surface area contributed by atoms with Crippen molar-refractivity contribution in [1.29, 1.82) is 0 Å². The van der Waals surface area contributed by atoms with Gasteiger partial charge in [-0.2, -0.15) is 0 Å². The first-order valence-electron chi connectivity index (χ1n) is 4.09. The number of likely N-dealkylation sites (tertiary alicyclic amines) is 1. The zero-order valence-electron chi connectivity index (χ0n) is 7.40. The third-order valence-corrected chi connectivity index (χ3v) is 2.01. The van der Waals surface area contributed by atoms with Crippen molar-refractivity contribution in [3.8, 4) is 0 Å². The Kier molecular flexibility index (Phi) is 2.77. The number of ketones is 1. The minimum Gasteiger partial charge on any atom is -0.324 e. The van der Waals surface area contributed by atoms with Crippen LogP contribution in [0.25, 0.3) is 0 Å². The highest BCUT2D eigenvalue weighted by atomic mass is 16.2. The predicted molar refractivity (Wildman–Crippen MR) is 44.8 cm³/mol. The number of Topliss-reactive ketones (excluding diaryl/α,β-unsaturated/α-hetero) is 1. The van der Waals surface area contributed by atoms with E-state index >= 15 is 0 Å². The molecule has 0 aromatic heterocycles. The fourth-order valence-corrected chi connectivity index (χ4v) is 1.34. The minimum absolute atomic E-state index is 0.0176. The van der Waals surface area contributed by atoms with Crippen LogP contribution >= 0.6 is 0 Å². The lowest BCUT2D eigenvalue weighted by Gasteiger charge is -2.21. The van der Waals surface area contributed by atoms with Gasteiger partial charge in [-0.25, -0.2) is 0 Å². The smallest absolute Gasteiger partial charge is 0.240 e. The summed E-state index contributed by atoms with van der Waals surface area (Å²) >= 11 is 0. The van der Waals surface area contributed by atoms with Gasteiger partial charge in [-0.3, -0.25) is 9.59 Å². The van der Waals surface area contributed by atoms with Gasteiger partial charge in [0.15, 0.2) is 5.78 Å². The SMILES string of the molecule is C[C@H](N)C(=O)N1CC(=O)C[C@H]1C=O. The van der Waals surface area contributed by atoms with Gasteiger partial charge in [0.1, 0.15) is 6.29 Å². The number of nitrogens with two attached hydrogens (primary N) is 1. The number of rotatable bonds is 2. The van der Waals surface area contributed by atoms with E-state index in [4.69, 9.17) is 5.73 Å². The summed E-state index contributed by atoms with van der Waals surface area (Å²) in [7, 11) is 0. The van der Waals surface area contributed by atoms with Gasteiger partial charge in [0.25, 0.3) is 0 Å². The van der Waals surface area contributed by atoms with Gasteiger partial charge in [0.2, 0.25) is 5.91 Å². The molecule has 0 saturated carbocycles. The van der Waals surface area contributed by atoms with Crippen molar-refractivity contribution in [2.45, 2.75) is 25.4 Å². The van der Waals surface area contributed by atoms with E-state index in [1.165, 1.54) is 11.8 Å². The highest BCUT2D eigenvalue weighted by molar-refractivity contribution is 5.95. The molecule has 5 heteroatoms. The molecule has 13 heavy (non-hydrogen) atoms. The molecule has 2 atom stereocenters. The Labute approximate surface area is 75.9 Å². The molecule has 0 aromatic rings. The fraction of sp³-hybridized carbons (Fsp3) is 0.625. The van der Waals surface area contributed by atoms with E-state index in [0.717, 1.165) is 0 Å². The molecule has 1 aliphatic heterocycles. The Morgan fingerprint density at radius 3 is 2.85 bits per heavy atom. The average Bonchev–Trinajstić information content (AvgIpc) is 2.45. The van der Waals surface area contributed by atoms with Crippen molar-refractivity contribution >= 4 is 18.0 Å².